The summed E-state index contributed by atoms with van der Waals surface area (Å²) in [6.07, 6.45) is 10.4. The van der Waals surface area contributed by atoms with E-state index in [0.29, 0.717) is 12.6 Å². The molecular weight excluding hydrogens is 280 g/mol. The molecule has 0 bridgehead atoms. The van der Waals surface area contributed by atoms with E-state index in [-0.39, 0.29) is 18.1 Å². The highest BCUT2D eigenvalue weighted by atomic mass is 16.3. The highest BCUT2D eigenvalue weighted by Gasteiger charge is 2.25. The zero-order valence-electron chi connectivity index (χ0n) is 13.0. The number of hydrogen-bond donors (Lipinski definition) is 3. The summed E-state index contributed by atoms with van der Waals surface area (Å²) >= 11 is 0. The van der Waals surface area contributed by atoms with Gasteiger partial charge in [0, 0.05) is 18.5 Å². The lowest BCUT2D eigenvalue weighted by Crippen LogP contribution is -2.36. The van der Waals surface area contributed by atoms with E-state index >= 15 is 0 Å². The Morgan fingerprint density at radius 3 is 2.77 bits per heavy atom. The summed E-state index contributed by atoms with van der Waals surface area (Å²) in [6, 6.07) is 2.03. The number of anilines is 1. The van der Waals surface area contributed by atoms with Crippen LogP contribution in [0.5, 0.6) is 0 Å². The number of hydrogen-bond acceptors (Lipinski definition) is 3. The number of nitrogens with one attached hydrogen (secondary N) is 2. The molecule has 0 aliphatic heterocycles. The normalized spacial score (nSPS) is 26.0. The summed E-state index contributed by atoms with van der Waals surface area (Å²) in [5.74, 6) is 0.949. The molecular formula is C16H26N4O2. The number of urea groups is 1. The highest BCUT2D eigenvalue weighted by Crippen LogP contribution is 2.30. The Hall–Kier alpha value is -1.56. The maximum atomic E-state index is 12.1. The molecule has 0 spiro atoms. The number of nitrogens with zero attached hydrogens (tertiary/aromatic N) is 2. The average Bonchev–Trinajstić information content (AvgIpc) is 3.15. The number of carbonyl (C=O) groups excluding carboxylic acids is 1. The second kappa shape index (κ2) is 7.13. The van der Waals surface area contributed by atoms with Crippen molar-refractivity contribution < 1.29 is 9.90 Å². The Morgan fingerprint density at radius 1 is 1.23 bits per heavy atom. The Labute approximate surface area is 131 Å². The van der Waals surface area contributed by atoms with Gasteiger partial charge in [0.05, 0.1) is 18.3 Å². The third kappa shape index (κ3) is 3.61. The average molecular weight is 306 g/mol. The first kappa shape index (κ1) is 15.3. The minimum Gasteiger partial charge on any atom is -0.393 e. The summed E-state index contributed by atoms with van der Waals surface area (Å²) in [5, 5.41) is 19.9. The molecule has 2 saturated carbocycles. The van der Waals surface area contributed by atoms with Crippen LogP contribution in [-0.2, 0) is 0 Å². The Kier molecular flexibility index (Phi) is 4.97. The standard InChI is InChI=1S/C16H26N4O2/c21-14-8-4-5-12(14)11-17-16(22)19-15-9-10-18-20(15)13-6-2-1-3-7-13/h9-10,12-14,21H,1-8,11H2,(H2,17,19,22)/t12-,14+/m1/s1. The minimum atomic E-state index is -0.270. The zero-order valence-corrected chi connectivity index (χ0v) is 13.0. The molecule has 3 rings (SSSR count). The van der Waals surface area contributed by atoms with Crippen molar-refractivity contribution in [1.82, 2.24) is 15.1 Å². The van der Waals surface area contributed by atoms with Crippen LogP contribution >= 0.6 is 0 Å². The lowest BCUT2D eigenvalue weighted by molar-refractivity contribution is 0.133. The van der Waals surface area contributed by atoms with Crippen LogP contribution in [0.15, 0.2) is 12.3 Å². The largest absolute Gasteiger partial charge is 0.393 e. The number of aromatic nitrogens is 2. The second-order valence-corrected chi connectivity index (χ2v) is 6.55. The van der Waals surface area contributed by atoms with E-state index in [0.717, 1.165) is 37.9 Å². The fraction of sp³-hybridized carbons (Fsp3) is 0.750. The van der Waals surface area contributed by atoms with Gasteiger partial charge in [-0.2, -0.15) is 5.10 Å². The highest BCUT2D eigenvalue weighted by molar-refractivity contribution is 5.88. The van der Waals surface area contributed by atoms with Gasteiger partial charge in [-0.1, -0.05) is 25.7 Å². The molecule has 0 radical (unpaired) electrons. The summed E-state index contributed by atoms with van der Waals surface area (Å²) in [5.41, 5.74) is 0. The molecule has 2 aliphatic rings. The molecule has 6 nitrogen and oxygen atoms in total. The quantitative estimate of drug-likeness (QED) is 0.800. The maximum absolute atomic E-state index is 12.1. The zero-order chi connectivity index (χ0) is 15.4. The van der Waals surface area contributed by atoms with Gasteiger partial charge < -0.3 is 10.4 Å². The van der Waals surface area contributed by atoms with Gasteiger partial charge in [0.2, 0.25) is 0 Å². The minimum absolute atomic E-state index is 0.189. The van der Waals surface area contributed by atoms with E-state index in [1.165, 1.54) is 19.3 Å². The molecule has 0 aromatic carbocycles. The molecule has 2 fully saturated rings. The Bertz CT molecular complexity index is 496. The number of aliphatic hydroxyl groups is 1. The van der Waals surface area contributed by atoms with E-state index < -0.39 is 0 Å². The second-order valence-electron chi connectivity index (χ2n) is 6.55. The predicted molar refractivity (Wildman–Crippen MR) is 84.7 cm³/mol. The van der Waals surface area contributed by atoms with Gasteiger partial charge in [0.25, 0.3) is 0 Å². The van der Waals surface area contributed by atoms with Gasteiger partial charge in [0.15, 0.2) is 0 Å². The summed E-state index contributed by atoms with van der Waals surface area (Å²) in [6.45, 7) is 0.532. The Balaban J connectivity index is 1.52. The van der Waals surface area contributed by atoms with E-state index in [1.807, 2.05) is 10.7 Å². The Morgan fingerprint density at radius 2 is 2.05 bits per heavy atom. The number of rotatable bonds is 4. The van der Waals surface area contributed by atoms with Crippen molar-refractivity contribution in [3.05, 3.63) is 12.3 Å². The van der Waals surface area contributed by atoms with Crippen LogP contribution in [0.25, 0.3) is 0 Å². The van der Waals surface area contributed by atoms with Gasteiger partial charge in [0.1, 0.15) is 5.82 Å². The number of carbonyl (C=O) groups is 1. The van der Waals surface area contributed by atoms with Crippen LogP contribution in [0.3, 0.4) is 0 Å². The SMILES string of the molecule is O=C(NC[C@H]1CCC[C@@H]1O)Nc1ccnn1C1CCCCC1. The first-order valence-electron chi connectivity index (χ1n) is 8.50. The van der Waals surface area contributed by atoms with Crippen molar-refractivity contribution in [2.24, 2.45) is 5.92 Å². The van der Waals surface area contributed by atoms with Crippen LogP contribution in [0, 0.1) is 5.92 Å². The first-order chi connectivity index (χ1) is 10.7. The lowest BCUT2D eigenvalue weighted by atomic mass is 9.96. The van der Waals surface area contributed by atoms with Gasteiger partial charge in [-0.3, -0.25) is 5.32 Å². The topological polar surface area (TPSA) is 79.2 Å². The molecule has 6 heteroatoms. The fourth-order valence-electron chi connectivity index (χ4n) is 3.67. The lowest BCUT2D eigenvalue weighted by Gasteiger charge is -2.24. The number of aliphatic hydroxyl groups excluding tert-OH is 1. The fourth-order valence-corrected chi connectivity index (χ4v) is 3.67. The third-order valence-corrected chi connectivity index (χ3v) is 4.98. The van der Waals surface area contributed by atoms with Crippen molar-refractivity contribution in [3.8, 4) is 0 Å². The molecule has 1 heterocycles. The first-order valence-corrected chi connectivity index (χ1v) is 8.50. The molecule has 1 aromatic rings. The maximum Gasteiger partial charge on any atom is 0.320 e. The summed E-state index contributed by atoms with van der Waals surface area (Å²) in [4.78, 5) is 12.1. The van der Waals surface area contributed by atoms with Crippen LogP contribution in [0.4, 0.5) is 10.6 Å². The van der Waals surface area contributed by atoms with Crippen molar-refractivity contribution in [3.63, 3.8) is 0 Å². The van der Waals surface area contributed by atoms with Gasteiger partial charge in [-0.15, -0.1) is 0 Å². The predicted octanol–water partition coefficient (Wildman–Crippen LogP) is 2.67. The van der Waals surface area contributed by atoms with Gasteiger partial charge in [-0.05, 0) is 25.7 Å². The van der Waals surface area contributed by atoms with Gasteiger partial charge in [-0.25, -0.2) is 9.48 Å². The third-order valence-electron chi connectivity index (χ3n) is 4.98. The van der Waals surface area contributed by atoms with Crippen LogP contribution < -0.4 is 10.6 Å². The smallest absolute Gasteiger partial charge is 0.320 e. The van der Waals surface area contributed by atoms with Gasteiger partial charge >= 0.3 is 6.03 Å². The number of amides is 2. The van der Waals surface area contributed by atoms with Crippen LogP contribution in [0.2, 0.25) is 0 Å². The molecule has 122 valence electrons. The van der Waals surface area contributed by atoms with E-state index in [9.17, 15) is 9.90 Å². The summed E-state index contributed by atoms with van der Waals surface area (Å²) < 4.78 is 1.95. The van der Waals surface area contributed by atoms with Crippen LogP contribution in [-0.4, -0.2) is 33.6 Å². The van der Waals surface area contributed by atoms with E-state index in [4.69, 9.17) is 0 Å². The molecule has 0 unspecified atom stereocenters. The molecule has 2 amide bonds. The molecule has 0 saturated heterocycles. The van der Waals surface area contributed by atoms with Crippen molar-refractivity contribution in [1.29, 1.82) is 0 Å². The van der Waals surface area contributed by atoms with Crippen LogP contribution in [0.1, 0.15) is 57.4 Å². The van der Waals surface area contributed by atoms with Crippen molar-refractivity contribution in [2.45, 2.75) is 63.5 Å². The van der Waals surface area contributed by atoms with E-state index in [1.54, 1.807) is 6.20 Å². The molecule has 1 aromatic heterocycles. The summed E-state index contributed by atoms with van der Waals surface area (Å²) in [7, 11) is 0. The molecule has 22 heavy (non-hydrogen) atoms. The molecule has 2 aliphatic carbocycles. The molecule has 3 N–H and O–H groups in total. The van der Waals surface area contributed by atoms with Crippen molar-refractivity contribution >= 4 is 11.8 Å². The van der Waals surface area contributed by atoms with Crippen molar-refractivity contribution in [2.75, 3.05) is 11.9 Å². The monoisotopic (exact) mass is 306 g/mol. The van der Waals surface area contributed by atoms with E-state index in [2.05, 4.69) is 15.7 Å². The molecule has 2 atom stereocenters.